The zero-order chi connectivity index (χ0) is 22.2. The molecule has 1 aliphatic heterocycles. The number of halogens is 2. The van der Waals surface area contributed by atoms with Crippen LogP contribution in [0.25, 0.3) is 0 Å². The van der Waals surface area contributed by atoms with Crippen LogP contribution >= 0.6 is 15.9 Å². The standard InChI is InChI=1S/C22H15BrFNO6/c23-13-7-16(27)19-12(20(13)28)6-11-9(17(19)8-1-4-15(26)14(24)5-8)2-3-10-18(11)22(30)25(31)21(10)29/h1-2,4-5,7,10-11,17-18,26,31H,3,6H2. The third-order valence-corrected chi connectivity index (χ3v) is 7.20. The van der Waals surface area contributed by atoms with Crippen molar-refractivity contribution in [1.82, 2.24) is 5.06 Å². The molecule has 0 spiro atoms. The fourth-order valence-corrected chi connectivity index (χ4v) is 5.72. The quantitative estimate of drug-likeness (QED) is 0.272. The number of nitrogens with zero attached hydrogens (tertiary/aromatic N) is 1. The summed E-state index contributed by atoms with van der Waals surface area (Å²) in [5.74, 6) is -6.71. The Labute approximate surface area is 183 Å². The fourth-order valence-electron chi connectivity index (χ4n) is 5.27. The Hall–Kier alpha value is -2.91. The molecule has 4 atom stereocenters. The number of imide groups is 1. The molecule has 9 heteroatoms. The molecule has 1 saturated heterocycles. The highest BCUT2D eigenvalue weighted by Gasteiger charge is 2.56. The average molecular weight is 488 g/mol. The molecule has 0 radical (unpaired) electrons. The topological polar surface area (TPSA) is 112 Å². The number of allylic oxidation sites excluding steroid dienone is 6. The summed E-state index contributed by atoms with van der Waals surface area (Å²) in [6, 6.07) is 3.74. The van der Waals surface area contributed by atoms with Crippen molar-refractivity contribution in [3.05, 3.63) is 62.9 Å². The van der Waals surface area contributed by atoms with Crippen LogP contribution in [0.3, 0.4) is 0 Å². The van der Waals surface area contributed by atoms with E-state index in [0.717, 1.165) is 6.07 Å². The maximum Gasteiger partial charge on any atom is 0.257 e. The van der Waals surface area contributed by atoms with Gasteiger partial charge in [0.2, 0.25) is 0 Å². The molecule has 2 amide bonds. The number of phenolic OH excluding ortho intramolecular Hbond substituents is 1. The van der Waals surface area contributed by atoms with E-state index in [0.29, 0.717) is 11.1 Å². The molecule has 4 unspecified atom stereocenters. The molecular weight excluding hydrogens is 473 g/mol. The number of rotatable bonds is 1. The van der Waals surface area contributed by atoms with Crippen molar-refractivity contribution in [3.63, 3.8) is 0 Å². The van der Waals surface area contributed by atoms with Crippen molar-refractivity contribution in [3.8, 4) is 5.75 Å². The van der Waals surface area contributed by atoms with Gasteiger partial charge < -0.3 is 5.11 Å². The minimum absolute atomic E-state index is 0.0553. The zero-order valence-electron chi connectivity index (χ0n) is 15.8. The summed E-state index contributed by atoms with van der Waals surface area (Å²) in [6.07, 6.45) is 3.16. The summed E-state index contributed by atoms with van der Waals surface area (Å²) >= 11 is 3.11. The summed E-state index contributed by atoms with van der Waals surface area (Å²) in [7, 11) is 0. The summed E-state index contributed by atoms with van der Waals surface area (Å²) in [5, 5.41) is 19.6. The van der Waals surface area contributed by atoms with Crippen LogP contribution in [0.5, 0.6) is 5.75 Å². The van der Waals surface area contributed by atoms with Gasteiger partial charge in [-0.3, -0.25) is 24.4 Å². The summed E-state index contributed by atoms with van der Waals surface area (Å²) in [4.78, 5) is 50.8. The predicted octanol–water partition coefficient (Wildman–Crippen LogP) is 2.68. The highest BCUT2D eigenvalue weighted by molar-refractivity contribution is 9.12. The largest absolute Gasteiger partial charge is 0.505 e. The average Bonchev–Trinajstić information content (AvgIpc) is 2.97. The van der Waals surface area contributed by atoms with Gasteiger partial charge in [0.25, 0.3) is 11.8 Å². The van der Waals surface area contributed by atoms with Gasteiger partial charge in [-0.15, -0.1) is 0 Å². The molecule has 1 aromatic carbocycles. The summed E-state index contributed by atoms with van der Waals surface area (Å²) in [6.45, 7) is 0. The lowest BCUT2D eigenvalue weighted by molar-refractivity contribution is -0.173. The Morgan fingerprint density at radius 2 is 1.84 bits per heavy atom. The van der Waals surface area contributed by atoms with E-state index < -0.39 is 58.6 Å². The molecule has 0 saturated carbocycles. The van der Waals surface area contributed by atoms with Crippen LogP contribution in [-0.4, -0.2) is 38.8 Å². The maximum atomic E-state index is 14.2. The number of carbonyl (C=O) groups is 4. The molecule has 4 aliphatic rings. The van der Waals surface area contributed by atoms with Gasteiger partial charge in [0.1, 0.15) is 0 Å². The van der Waals surface area contributed by atoms with Gasteiger partial charge in [0.15, 0.2) is 23.1 Å². The summed E-state index contributed by atoms with van der Waals surface area (Å²) < 4.78 is 14.3. The van der Waals surface area contributed by atoms with Crippen LogP contribution in [0.15, 0.2) is 51.6 Å². The van der Waals surface area contributed by atoms with Crippen molar-refractivity contribution >= 4 is 39.3 Å². The zero-order valence-corrected chi connectivity index (χ0v) is 17.4. The molecule has 2 N–H and O–H groups in total. The molecule has 3 aliphatic carbocycles. The number of hydrogen-bond acceptors (Lipinski definition) is 6. The van der Waals surface area contributed by atoms with Gasteiger partial charge in [-0.2, -0.15) is 5.06 Å². The Balaban J connectivity index is 1.72. The van der Waals surface area contributed by atoms with Gasteiger partial charge in [0.05, 0.1) is 16.3 Å². The number of carbonyl (C=O) groups excluding carboxylic acids is 4. The Kier molecular flexibility index (Phi) is 4.39. The molecule has 0 bridgehead atoms. The van der Waals surface area contributed by atoms with E-state index in [4.69, 9.17) is 0 Å². The van der Waals surface area contributed by atoms with E-state index in [1.165, 1.54) is 18.2 Å². The number of Topliss-reactive ketones (excluding diaryl/α,β-unsaturated/α-hetero) is 1. The van der Waals surface area contributed by atoms with Crippen LogP contribution in [0.1, 0.15) is 24.3 Å². The Bertz CT molecular complexity index is 1200. The van der Waals surface area contributed by atoms with Crippen LogP contribution in [0.4, 0.5) is 4.39 Å². The molecular formula is C22H15BrFNO6. The lowest BCUT2D eigenvalue weighted by Crippen LogP contribution is -2.39. The van der Waals surface area contributed by atoms with Crippen molar-refractivity contribution in [2.75, 3.05) is 0 Å². The van der Waals surface area contributed by atoms with E-state index in [-0.39, 0.29) is 33.5 Å². The van der Waals surface area contributed by atoms with Gasteiger partial charge in [-0.1, -0.05) is 17.7 Å². The number of hydrogen-bond donors (Lipinski definition) is 2. The molecule has 5 rings (SSSR count). The molecule has 1 heterocycles. The molecule has 7 nitrogen and oxygen atoms in total. The minimum Gasteiger partial charge on any atom is -0.505 e. The first kappa shape index (κ1) is 20.0. The lowest BCUT2D eigenvalue weighted by atomic mass is 9.59. The number of phenols is 1. The highest BCUT2D eigenvalue weighted by Crippen LogP contribution is 2.55. The van der Waals surface area contributed by atoms with Crippen molar-refractivity contribution in [1.29, 1.82) is 0 Å². The second-order valence-corrected chi connectivity index (χ2v) is 8.95. The van der Waals surface area contributed by atoms with E-state index in [2.05, 4.69) is 15.9 Å². The predicted molar refractivity (Wildman–Crippen MR) is 106 cm³/mol. The molecule has 0 aromatic heterocycles. The Morgan fingerprint density at radius 3 is 2.55 bits per heavy atom. The second kappa shape index (κ2) is 6.80. The first-order valence-corrected chi connectivity index (χ1v) is 10.4. The number of benzene rings is 1. The minimum atomic E-state index is -0.879. The Morgan fingerprint density at radius 1 is 1.10 bits per heavy atom. The smallest absolute Gasteiger partial charge is 0.257 e. The van der Waals surface area contributed by atoms with Gasteiger partial charge in [0, 0.05) is 23.1 Å². The number of amides is 2. The summed E-state index contributed by atoms with van der Waals surface area (Å²) in [5.41, 5.74) is 1.39. The van der Waals surface area contributed by atoms with Gasteiger partial charge in [-0.25, -0.2) is 4.39 Å². The van der Waals surface area contributed by atoms with Crippen molar-refractivity contribution in [2.24, 2.45) is 17.8 Å². The second-order valence-electron chi connectivity index (χ2n) is 8.09. The van der Waals surface area contributed by atoms with Crippen LogP contribution in [0.2, 0.25) is 0 Å². The maximum absolute atomic E-state index is 14.2. The molecule has 1 fully saturated rings. The number of aromatic hydroxyl groups is 1. The van der Waals surface area contributed by atoms with E-state index in [9.17, 15) is 33.9 Å². The van der Waals surface area contributed by atoms with E-state index in [1.807, 2.05) is 0 Å². The fraction of sp³-hybridized carbons (Fsp3) is 0.273. The normalized spacial score (nSPS) is 30.1. The van der Waals surface area contributed by atoms with Crippen molar-refractivity contribution < 1.29 is 33.9 Å². The number of hydroxylamine groups is 2. The lowest BCUT2D eigenvalue weighted by Gasteiger charge is -2.42. The molecule has 158 valence electrons. The van der Waals surface area contributed by atoms with Crippen LogP contribution in [-0.2, 0) is 19.2 Å². The number of ketones is 2. The van der Waals surface area contributed by atoms with Gasteiger partial charge >= 0.3 is 0 Å². The first-order chi connectivity index (χ1) is 14.7. The monoisotopic (exact) mass is 487 g/mol. The third kappa shape index (κ3) is 2.73. The molecule has 1 aromatic rings. The van der Waals surface area contributed by atoms with Gasteiger partial charge in [-0.05, 0) is 52.4 Å². The highest BCUT2D eigenvalue weighted by atomic mass is 79.9. The van der Waals surface area contributed by atoms with Crippen LogP contribution in [0, 0.1) is 23.6 Å². The first-order valence-electron chi connectivity index (χ1n) is 9.65. The SMILES string of the molecule is O=C1C=C(Br)C(=O)C2=C1C(c1ccc(O)c(F)c1)C1=CCC3C(=O)N(O)C(=O)C3C1C2. The number of fused-ring (bicyclic) bond motifs is 3. The molecule has 31 heavy (non-hydrogen) atoms. The van der Waals surface area contributed by atoms with E-state index in [1.54, 1.807) is 6.08 Å². The third-order valence-electron chi connectivity index (χ3n) is 6.61. The van der Waals surface area contributed by atoms with Crippen molar-refractivity contribution in [2.45, 2.75) is 18.8 Å². The van der Waals surface area contributed by atoms with E-state index >= 15 is 0 Å². The van der Waals surface area contributed by atoms with Crippen LogP contribution < -0.4 is 0 Å².